The van der Waals surface area contributed by atoms with Gasteiger partial charge in [-0.05, 0) is 39.0 Å². The number of carbonyl (C=O) groups excluding carboxylic acids is 1. The molecule has 1 saturated carbocycles. The molecule has 0 aliphatic heterocycles. The minimum Gasteiger partial charge on any atom is -0.481 e. The van der Waals surface area contributed by atoms with E-state index in [1.165, 1.54) is 0 Å². The number of carbonyl (C=O) groups is 2. The number of aliphatic carboxylic acids is 1. The molecule has 10 nitrogen and oxygen atoms in total. The summed E-state index contributed by atoms with van der Waals surface area (Å²) in [4.78, 5) is 34.2. The number of amides is 1. The Balaban J connectivity index is 1.68. The molecule has 1 fully saturated rings. The number of carboxylic acid groups (broad SMARTS) is 1. The monoisotopic (exact) mass is 459 g/mol. The van der Waals surface area contributed by atoms with E-state index in [1.54, 1.807) is 36.1 Å². The van der Waals surface area contributed by atoms with Crippen molar-refractivity contribution in [1.29, 1.82) is 0 Å². The summed E-state index contributed by atoms with van der Waals surface area (Å²) in [5, 5.41) is 13.6. The van der Waals surface area contributed by atoms with Gasteiger partial charge in [0.1, 0.15) is 18.4 Å². The lowest BCUT2D eigenvalue weighted by Crippen LogP contribution is -2.30. The molecule has 1 aliphatic carbocycles. The Morgan fingerprint density at radius 2 is 2.09 bits per heavy atom. The average molecular weight is 460 g/mol. The van der Waals surface area contributed by atoms with Crippen molar-refractivity contribution in [3.63, 3.8) is 0 Å². The molecule has 0 bridgehead atoms. The molecule has 0 saturated heterocycles. The van der Waals surface area contributed by atoms with Crippen molar-refractivity contribution < 1.29 is 24.2 Å². The second kappa shape index (κ2) is 11.1. The molecule has 33 heavy (non-hydrogen) atoms. The van der Waals surface area contributed by atoms with Gasteiger partial charge in [0.05, 0.1) is 29.7 Å². The van der Waals surface area contributed by atoms with E-state index in [-0.39, 0.29) is 24.7 Å². The summed E-state index contributed by atoms with van der Waals surface area (Å²) in [6.45, 7) is 4.59. The lowest BCUT2D eigenvalue weighted by atomic mass is 9.87. The van der Waals surface area contributed by atoms with Crippen LogP contribution in [0, 0.1) is 12.8 Å². The number of nitrogens with zero attached hydrogens (tertiary/aromatic N) is 5. The SMILES string of the molecule is CCCCN(C)C(=O)OCc1c(-c2cnc(O[C@H]3CCC[C@H](C(=O)O)C3)c(C)n2)cnn1C. The normalized spacial score (nSPS) is 18.1. The van der Waals surface area contributed by atoms with Gasteiger partial charge in [0.15, 0.2) is 0 Å². The molecule has 2 aromatic rings. The smallest absolute Gasteiger partial charge is 0.409 e. The summed E-state index contributed by atoms with van der Waals surface area (Å²) >= 11 is 0. The molecule has 1 N–H and O–H groups in total. The molecule has 2 atom stereocenters. The maximum Gasteiger partial charge on any atom is 0.409 e. The molecular weight excluding hydrogens is 426 g/mol. The van der Waals surface area contributed by atoms with Gasteiger partial charge in [-0.3, -0.25) is 9.48 Å². The van der Waals surface area contributed by atoms with Crippen LogP contribution in [0.15, 0.2) is 12.4 Å². The molecule has 2 aromatic heterocycles. The fourth-order valence-corrected chi connectivity index (χ4v) is 3.93. The van der Waals surface area contributed by atoms with E-state index in [0.29, 0.717) is 42.3 Å². The zero-order valence-electron chi connectivity index (χ0n) is 19.8. The highest BCUT2D eigenvalue weighted by molar-refractivity contribution is 5.70. The van der Waals surface area contributed by atoms with Crippen LogP contribution in [-0.2, 0) is 23.2 Å². The van der Waals surface area contributed by atoms with Gasteiger partial charge in [-0.25, -0.2) is 14.8 Å². The summed E-state index contributed by atoms with van der Waals surface area (Å²) in [7, 11) is 3.51. The van der Waals surface area contributed by atoms with E-state index in [1.807, 2.05) is 6.92 Å². The molecular formula is C23H33N5O5. The Hall–Kier alpha value is -3.17. The van der Waals surface area contributed by atoms with Crippen LogP contribution in [0.1, 0.15) is 56.8 Å². The maximum absolute atomic E-state index is 12.2. The number of carboxylic acids is 1. The Morgan fingerprint density at radius 3 is 2.79 bits per heavy atom. The first-order valence-electron chi connectivity index (χ1n) is 11.4. The van der Waals surface area contributed by atoms with E-state index < -0.39 is 5.97 Å². The molecule has 3 rings (SSSR count). The Labute approximate surface area is 193 Å². The third kappa shape index (κ3) is 6.21. The van der Waals surface area contributed by atoms with Gasteiger partial charge in [-0.2, -0.15) is 5.10 Å². The van der Waals surface area contributed by atoms with Gasteiger partial charge in [-0.1, -0.05) is 13.3 Å². The second-order valence-corrected chi connectivity index (χ2v) is 8.55. The maximum atomic E-state index is 12.2. The van der Waals surface area contributed by atoms with Crippen molar-refractivity contribution in [2.75, 3.05) is 13.6 Å². The van der Waals surface area contributed by atoms with Crippen LogP contribution in [-0.4, -0.2) is 61.5 Å². The molecule has 0 radical (unpaired) electrons. The summed E-state index contributed by atoms with van der Waals surface area (Å²) in [6, 6.07) is 0. The number of hydrogen-bond donors (Lipinski definition) is 1. The number of aromatic nitrogens is 4. The summed E-state index contributed by atoms with van der Waals surface area (Å²) in [5.41, 5.74) is 2.65. The highest BCUT2D eigenvalue weighted by Gasteiger charge is 2.29. The minimum atomic E-state index is -0.775. The molecule has 2 heterocycles. The van der Waals surface area contributed by atoms with E-state index in [2.05, 4.69) is 22.0 Å². The Morgan fingerprint density at radius 1 is 1.30 bits per heavy atom. The Bertz CT molecular complexity index is 976. The lowest BCUT2D eigenvalue weighted by Gasteiger charge is -2.27. The van der Waals surface area contributed by atoms with Gasteiger partial charge < -0.3 is 19.5 Å². The molecule has 1 amide bonds. The first-order chi connectivity index (χ1) is 15.8. The van der Waals surface area contributed by atoms with Gasteiger partial charge in [0, 0.05) is 26.2 Å². The number of ether oxygens (including phenoxy) is 2. The van der Waals surface area contributed by atoms with Crippen LogP contribution in [0.4, 0.5) is 4.79 Å². The minimum absolute atomic E-state index is 0.0682. The fourth-order valence-electron chi connectivity index (χ4n) is 3.93. The molecule has 0 spiro atoms. The van der Waals surface area contributed by atoms with Crippen LogP contribution in [0.2, 0.25) is 0 Å². The second-order valence-electron chi connectivity index (χ2n) is 8.55. The predicted molar refractivity (Wildman–Crippen MR) is 121 cm³/mol. The van der Waals surface area contributed by atoms with Crippen LogP contribution in [0.3, 0.4) is 0 Å². The Kier molecular flexibility index (Phi) is 8.24. The highest BCUT2D eigenvalue weighted by Crippen LogP contribution is 2.29. The third-order valence-electron chi connectivity index (χ3n) is 5.98. The average Bonchev–Trinajstić information content (AvgIpc) is 3.17. The van der Waals surface area contributed by atoms with Gasteiger partial charge >= 0.3 is 12.1 Å². The highest BCUT2D eigenvalue weighted by atomic mass is 16.6. The van der Waals surface area contributed by atoms with Crippen molar-refractivity contribution in [3.05, 3.63) is 23.8 Å². The third-order valence-corrected chi connectivity index (χ3v) is 5.98. The molecule has 10 heteroatoms. The van der Waals surface area contributed by atoms with Crippen molar-refractivity contribution in [2.45, 2.75) is 65.1 Å². The van der Waals surface area contributed by atoms with Crippen molar-refractivity contribution in [2.24, 2.45) is 13.0 Å². The lowest BCUT2D eigenvalue weighted by molar-refractivity contribution is -0.143. The van der Waals surface area contributed by atoms with Crippen molar-refractivity contribution in [3.8, 4) is 17.1 Å². The quantitative estimate of drug-likeness (QED) is 0.604. The topological polar surface area (TPSA) is 120 Å². The molecule has 1 aliphatic rings. The van der Waals surface area contributed by atoms with Gasteiger partial charge in [-0.15, -0.1) is 0 Å². The van der Waals surface area contributed by atoms with Gasteiger partial charge in [0.25, 0.3) is 0 Å². The predicted octanol–water partition coefficient (Wildman–Crippen LogP) is 3.58. The molecule has 0 unspecified atom stereocenters. The first-order valence-corrected chi connectivity index (χ1v) is 11.4. The summed E-state index contributed by atoms with van der Waals surface area (Å²) in [6.07, 6.45) is 7.42. The van der Waals surface area contributed by atoms with Crippen LogP contribution >= 0.6 is 0 Å². The van der Waals surface area contributed by atoms with Crippen LogP contribution < -0.4 is 4.74 Å². The van der Waals surface area contributed by atoms with Crippen LogP contribution in [0.5, 0.6) is 5.88 Å². The van der Waals surface area contributed by atoms with E-state index in [9.17, 15) is 14.7 Å². The number of hydrogen-bond acceptors (Lipinski definition) is 7. The summed E-state index contributed by atoms with van der Waals surface area (Å²) in [5.74, 6) is -0.745. The largest absolute Gasteiger partial charge is 0.481 e. The van der Waals surface area contributed by atoms with E-state index in [4.69, 9.17) is 9.47 Å². The van der Waals surface area contributed by atoms with Gasteiger partial charge in [0.2, 0.25) is 5.88 Å². The zero-order chi connectivity index (χ0) is 24.0. The standard InChI is InChI=1S/C23H33N5O5/c1-5-6-10-27(3)23(31)32-14-20-18(12-25-28(20)4)19-13-24-21(15(2)26-19)33-17-9-7-8-16(11-17)22(29)30/h12-13,16-17H,5-11,14H2,1-4H3,(H,29,30)/t16-,17-/m0/s1. The van der Waals surface area contributed by atoms with Crippen molar-refractivity contribution in [1.82, 2.24) is 24.6 Å². The number of rotatable bonds is 9. The number of unbranched alkanes of at least 4 members (excludes halogenated alkanes) is 1. The fraction of sp³-hybridized carbons (Fsp3) is 0.609. The first kappa shape index (κ1) is 24.5. The van der Waals surface area contributed by atoms with E-state index in [0.717, 1.165) is 31.2 Å². The summed E-state index contributed by atoms with van der Waals surface area (Å²) < 4.78 is 13.1. The molecule has 180 valence electrons. The zero-order valence-corrected chi connectivity index (χ0v) is 19.8. The van der Waals surface area contributed by atoms with Crippen LogP contribution in [0.25, 0.3) is 11.3 Å². The van der Waals surface area contributed by atoms with E-state index >= 15 is 0 Å². The van der Waals surface area contributed by atoms with Crippen molar-refractivity contribution >= 4 is 12.1 Å². The number of aryl methyl sites for hydroxylation is 2. The molecule has 0 aromatic carbocycles.